The lowest BCUT2D eigenvalue weighted by molar-refractivity contribution is 0.533. The maximum absolute atomic E-state index is 12.6. The highest BCUT2D eigenvalue weighted by Crippen LogP contribution is 2.29. The molecular formula is C15H15N3O3S2. The molecule has 0 saturated heterocycles. The Morgan fingerprint density at radius 2 is 2.04 bits per heavy atom. The van der Waals surface area contributed by atoms with E-state index < -0.39 is 10.0 Å². The molecule has 23 heavy (non-hydrogen) atoms. The van der Waals surface area contributed by atoms with Crippen LogP contribution >= 0.6 is 11.3 Å². The molecule has 120 valence electrons. The molecule has 0 spiro atoms. The highest BCUT2D eigenvalue weighted by atomic mass is 32.2. The normalized spacial score (nSPS) is 11.6. The van der Waals surface area contributed by atoms with E-state index in [2.05, 4.69) is 14.9 Å². The minimum Gasteiger partial charge on any atom is -0.421 e. The molecule has 0 unspecified atom stereocenters. The molecule has 8 heteroatoms. The van der Waals surface area contributed by atoms with Gasteiger partial charge in [0.25, 0.3) is 10.0 Å². The molecule has 0 radical (unpaired) electrons. The molecule has 0 fully saturated rings. The Kier molecular flexibility index (Phi) is 4.18. The van der Waals surface area contributed by atoms with Crippen LogP contribution in [0.15, 0.2) is 44.3 Å². The predicted octanol–water partition coefficient (Wildman–Crippen LogP) is 3.47. The van der Waals surface area contributed by atoms with Crippen LogP contribution in [-0.2, 0) is 16.4 Å². The maximum atomic E-state index is 12.6. The largest absolute Gasteiger partial charge is 0.421 e. The number of thiophene rings is 1. The van der Waals surface area contributed by atoms with E-state index in [0.717, 1.165) is 23.3 Å². The van der Waals surface area contributed by atoms with Gasteiger partial charge in [-0.3, -0.25) is 4.72 Å². The van der Waals surface area contributed by atoms with Crippen LogP contribution < -0.4 is 4.72 Å². The van der Waals surface area contributed by atoms with Crippen LogP contribution in [0.5, 0.6) is 0 Å². The second-order valence-corrected chi connectivity index (χ2v) is 7.72. The maximum Gasteiger partial charge on any atom is 0.271 e. The molecular weight excluding hydrogens is 334 g/mol. The second kappa shape index (κ2) is 6.13. The Balaban J connectivity index is 1.90. The van der Waals surface area contributed by atoms with Crippen LogP contribution in [0, 0.1) is 6.92 Å². The minimum atomic E-state index is -3.65. The highest BCUT2D eigenvalue weighted by molar-refractivity contribution is 7.94. The summed E-state index contributed by atoms with van der Waals surface area (Å²) < 4.78 is 33.3. The number of nitrogens with zero attached hydrogens (tertiary/aromatic N) is 2. The first-order valence-corrected chi connectivity index (χ1v) is 9.35. The van der Waals surface area contributed by atoms with Gasteiger partial charge in [-0.15, -0.1) is 21.5 Å². The van der Waals surface area contributed by atoms with Crippen molar-refractivity contribution in [3.8, 4) is 11.5 Å². The smallest absolute Gasteiger partial charge is 0.271 e. The summed E-state index contributed by atoms with van der Waals surface area (Å²) in [5.74, 6) is 0.750. The zero-order valence-corrected chi connectivity index (χ0v) is 14.2. The van der Waals surface area contributed by atoms with Crippen molar-refractivity contribution in [3.63, 3.8) is 0 Å². The van der Waals surface area contributed by atoms with Gasteiger partial charge in [0.2, 0.25) is 11.8 Å². The first-order chi connectivity index (χ1) is 11.0. The number of nitrogens with one attached hydrogen (secondary N) is 1. The van der Waals surface area contributed by atoms with Gasteiger partial charge in [-0.1, -0.05) is 25.1 Å². The molecule has 2 heterocycles. The number of para-hydroxylation sites is 1. The molecule has 3 aromatic rings. The van der Waals surface area contributed by atoms with Crippen molar-refractivity contribution in [1.29, 1.82) is 0 Å². The van der Waals surface area contributed by atoms with Gasteiger partial charge >= 0.3 is 0 Å². The van der Waals surface area contributed by atoms with Gasteiger partial charge in [0.15, 0.2) is 0 Å². The molecule has 0 saturated carbocycles. The van der Waals surface area contributed by atoms with Crippen molar-refractivity contribution in [2.24, 2.45) is 0 Å². The standard InChI is InChI=1S/C15H15N3O3S2/c1-3-11-6-4-5-7-13(11)18-23(19,20)14-8-12(9-22-14)15-17-16-10(2)21-15/h4-9,18H,3H2,1-2H3. The van der Waals surface area contributed by atoms with Crippen molar-refractivity contribution in [2.45, 2.75) is 24.5 Å². The summed E-state index contributed by atoms with van der Waals surface area (Å²) in [7, 11) is -3.65. The predicted molar refractivity (Wildman–Crippen MR) is 89.0 cm³/mol. The molecule has 3 rings (SSSR count). The number of hydrogen-bond acceptors (Lipinski definition) is 6. The SMILES string of the molecule is CCc1ccccc1NS(=O)(=O)c1cc(-c2nnc(C)o2)cs1. The van der Waals surface area contributed by atoms with E-state index in [1.54, 1.807) is 24.4 Å². The molecule has 0 aliphatic heterocycles. The summed E-state index contributed by atoms with van der Waals surface area (Å²) in [6.45, 7) is 3.66. The van der Waals surface area contributed by atoms with Crippen LogP contribution in [-0.4, -0.2) is 18.6 Å². The molecule has 6 nitrogen and oxygen atoms in total. The van der Waals surface area contributed by atoms with Gasteiger partial charge in [-0.2, -0.15) is 0 Å². The van der Waals surface area contributed by atoms with E-state index in [1.165, 1.54) is 6.07 Å². The number of hydrogen-bond donors (Lipinski definition) is 1. The van der Waals surface area contributed by atoms with Gasteiger partial charge < -0.3 is 4.42 Å². The van der Waals surface area contributed by atoms with Crippen LogP contribution in [0.25, 0.3) is 11.5 Å². The summed E-state index contributed by atoms with van der Waals surface area (Å²) in [6, 6.07) is 8.88. The second-order valence-electron chi connectivity index (χ2n) is 4.90. The fourth-order valence-electron chi connectivity index (χ4n) is 2.11. The molecule has 0 amide bonds. The fraction of sp³-hybridized carbons (Fsp3) is 0.200. The fourth-order valence-corrected chi connectivity index (χ4v) is 4.36. The van der Waals surface area contributed by atoms with Gasteiger partial charge in [0.05, 0.1) is 11.3 Å². The summed E-state index contributed by atoms with van der Waals surface area (Å²) in [4.78, 5) is 0. The lowest BCUT2D eigenvalue weighted by Gasteiger charge is -2.10. The lowest BCUT2D eigenvalue weighted by Crippen LogP contribution is -2.12. The Bertz CT molecular complexity index is 929. The quantitative estimate of drug-likeness (QED) is 0.762. The molecule has 0 aliphatic rings. The summed E-state index contributed by atoms with van der Waals surface area (Å²) in [5.41, 5.74) is 2.14. The first kappa shape index (κ1) is 15.7. The molecule has 0 atom stereocenters. The Morgan fingerprint density at radius 3 is 2.74 bits per heavy atom. The van der Waals surface area contributed by atoms with Gasteiger partial charge in [-0.05, 0) is 24.1 Å². The molecule has 1 aromatic carbocycles. The molecule has 1 N–H and O–H groups in total. The number of sulfonamides is 1. The third kappa shape index (κ3) is 3.27. The van der Waals surface area contributed by atoms with Crippen molar-refractivity contribution >= 4 is 27.0 Å². The van der Waals surface area contributed by atoms with Crippen LogP contribution in [0.4, 0.5) is 5.69 Å². The van der Waals surface area contributed by atoms with Crippen LogP contribution in [0.1, 0.15) is 18.4 Å². The summed E-state index contributed by atoms with van der Waals surface area (Å²) in [5, 5.41) is 9.33. The monoisotopic (exact) mass is 349 g/mol. The zero-order chi connectivity index (χ0) is 16.4. The van der Waals surface area contributed by atoms with E-state index in [0.29, 0.717) is 23.0 Å². The number of aryl methyl sites for hydroxylation is 2. The molecule has 2 aromatic heterocycles. The van der Waals surface area contributed by atoms with Crippen molar-refractivity contribution in [2.75, 3.05) is 4.72 Å². The third-order valence-electron chi connectivity index (χ3n) is 3.26. The first-order valence-electron chi connectivity index (χ1n) is 6.99. The third-order valence-corrected chi connectivity index (χ3v) is 6.06. The summed E-state index contributed by atoms with van der Waals surface area (Å²) in [6.07, 6.45) is 0.746. The highest BCUT2D eigenvalue weighted by Gasteiger charge is 2.20. The van der Waals surface area contributed by atoms with Crippen molar-refractivity contribution in [1.82, 2.24) is 10.2 Å². The van der Waals surface area contributed by atoms with Gasteiger partial charge in [0, 0.05) is 12.3 Å². The minimum absolute atomic E-state index is 0.203. The average molecular weight is 349 g/mol. The van der Waals surface area contributed by atoms with E-state index in [9.17, 15) is 8.42 Å². The Labute approximate surface area is 138 Å². The average Bonchev–Trinajstić information content (AvgIpc) is 3.16. The van der Waals surface area contributed by atoms with E-state index in [4.69, 9.17) is 4.42 Å². The van der Waals surface area contributed by atoms with Gasteiger partial charge in [-0.25, -0.2) is 8.42 Å². The topological polar surface area (TPSA) is 85.1 Å². The number of benzene rings is 1. The van der Waals surface area contributed by atoms with Crippen LogP contribution in [0.2, 0.25) is 0 Å². The number of rotatable bonds is 5. The number of anilines is 1. The van der Waals surface area contributed by atoms with Crippen LogP contribution in [0.3, 0.4) is 0 Å². The Morgan fingerprint density at radius 1 is 1.26 bits per heavy atom. The molecule has 0 aliphatic carbocycles. The van der Waals surface area contributed by atoms with E-state index >= 15 is 0 Å². The molecule has 0 bridgehead atoms. The zero-order valence-electron chi connectivity index (χ0n) is 12.6. The van der Waals surface area contributed by atoms with E-state index in [1.807, 2.05) is 19.1 Å². The Hall–Kier alpha value is -2.19. The summed E-state index contributed by atoms with van der Waals surface area (Å²) >= 11 is 1.12. The number of aromatic nitrogens is 2. The van der Waals surface area contributed by atoms with Crippen molar-refractivity contribution < 1.29 is 12.8 Å². The van der Waals surface area contributed by atoms with E-state index in [-0.39, 0.29) is 4.21 Å². The van der Waals surface area contributed by atoms with Gasteiger partial charge in [0.1, 0.15) is 4.21 Å². The van der Waals surface area contributed by atoms with Crippen molar-refractivity contribution in [3.05, 3.63) is 47.2 Å². The lowest BCUT2D eigenvalue weighted by atomic mass is 10.1.